The Morgan fingerprint density at radius 1 is 1.29 bits per heavy atom. The molecule has 2 rings (SSSR count). The number of aryl methyl sites for hydroxylation is 3. The molecular formula is C16H22N3OY+. The largest absolute Gasteiger partial charge is 0.322 e. The zero-order chi connectivity index (χ0) is 14.5. The number of carbonyl (C=O) groups excluding carboxylic acids is 1. The molecule has 5 heteroatoms. The van der Waals surface area contributed by atoms with Gasteiger partial charge in [0, 0.05) is 38.4 Å². The van der Waals surface area contributed by atoms with Gasteiger partial charge >= 0.3 is 0 Å². The average molecular weight is 361 g/mol. The first-order valence-corrected chi connectivity index (χ1v) is 7.01. The Hall–Kier alpha value is -0.996. The molecule has 0 aliphatic heterocycles. The van der Waals surface area contributed by atoms with Gasteiger partial charge in [0.15, 0.2) is 6.54 Å². The number of imidazole rings is 1. The molecule has 1 amide bonds. The monoisotopic (exact) mass is 361 g/mol. The predicted octanol–water partition coefficient (Wildman–Crippen LogP) is 2.44. The van der Waals surface area contributed by atoms with Crippen LogP contribution in [0, 0.1) is 13.8 Å². The molecule has 2 aromatic rings. The summed E-state index contributed by atoms with van der Waals surface area (Å²) in [4.78, 5) is 12.1. The van der Waals surface area contributed by atoms with E-state index in [2.05, 4.69) is 16.8 Å². The summed E-state index contributed by atoms with van der Waals surface area (Å²) in [6, 6.07) is 6.01. The summed E-state index contributed by atoms with van der Waals surface area (Å²) in [7, 11) is 0. The van der Waals surface area contributed by atoms with Crippen molar-refractivity contribution in [3.05, 3.63) is 48.0 Å². The van der Waals surface area contributed by atoms with Crippen molar-refractivity contribution in [2.24, 2.45) is 0 Å². The third-order valence-electron chi connectivity index (χ3n) is 3.30. The molecule has 0 saturated heterocycles. The topological polar surface area (TPSA) is 37.9 Å². The Morgan fingerprint density at radius 3 is 2.57 bits per heavy atom. The summed E-state index contributed by atoms with van der Waals surface area (Å²) in [5, 5.41) is 3.00. The minimum absolute atomic E-state index is 0. The van der Waals surface area contributed by atoms with E-state index in [0.29, 0.717) is 6.54 Å². The molecule has 1 radical (unpaired) electrons. The number of carbonyl (C=O) groups is 1. The maximum absolute atomic E-state index is 12.1. The molecule has 109 valence electrons. The van der Waals surface area contributed by atoms with Crippen molar-refractivity contribution < 1.29 is 42.1 Å². The van der Waals surface area contributed by atoms with Crippen LogP contribution < -0.4 is 9.88 Å². The minimum atomic E-state index is 0. The SMILES string of the molecule is CCCn1cc[n+](CC(=O)Nc2c(C)cccc2C)c1.[Y]. The fraction of sp³-hybridized carbons (Fsp3) is 0.375. The number of nitrogens with zero attached hydrogens (tertiary/aromatic N) is 2. The van der Waals surface area contributed by atoms with Crippen molar-refractivity contribution in [2.75, 3.05) is 5.32 Å². The van der Waals surface area contributed by atoms with Gasteiger partial charge in [-0.15, -0.1) is 0 Å². The molecule has 1 N–H and O–H groups in total. The predicted molar refractivity (Wildman–Crippen MR) is 79.5 cm³/mol. The van der Waals surface area contributed by atoms with Crippen molar-refractivity contribution in [3.8, 4) is 0 Å². The van der Waals surface area contributed by atoms with E-state index in [1.54, 1.807) is 0 Å². The van der Waals surface area contributed by atoms with Crippen LogP contribution in [0.1, 0.15) is 24.5 Å². The third-order valence-corrected chi connectivity index (χ3v) is 3.30. The van der Waals surface area contributed by atoms with E-state index in [0.717, 1.165) is 29.8 Å². The van der Waals surface area contributed by atoms with Crippen LogP contribution in [0.4, 0.5) is 5.69 Å². The molecule has 1 aromatic heterocycles. The van der Waals surface area contributed by atoms with Gasteiger partial charge in [-0.2, -0.15) is 0 Å². The molecule has 0 unspecified atom stereocenters. The molecule has 0 aliphatic carbocycles. The zero-order valence-electron chi connectivity index (χ0n) is 13.0. The number of anilines is 1. The Balaban J connectivity index is 0.00000220. The van der Waals surface area contributed by atoms with E-state index in [1.807, 2.05) is 55.3 Å². The normalized spacial score (nSPS) is 10.0. The van der Waals surface area contributed by atoms with Crippen molar-refractivity contribution >= 4 is 11.6 Å². The van der Waals surface area contributed by atoms with Gasteiger partial charge in [0.25, 0.3) is 5.91 Å². The van der Waals surface area contributed by atoms with E-state index < -0.39 is 0 Å². The molecule has 0 saturated carbocycles. The van der Waals surface area contributed by atoms with E-state index in [4.69, 9.17) is 0 Å². The van der Waals surface area contributed by atoms with E-state index in [1.165, 1.54) is 0 Å². The molecule has 21 heavy (non-hydrogen) atoms. The molecule has 0 atom stereocenters. The second-order valence-corrected chi connectivity index (χ2v) is 5.14. The number of aromatic nitrogens is 2. The Bertz CT molecular complexity index is 587. The molecule has 0 spiro atoms. The van der Waals surface area contributed by atoms with Crippen molar-refractivity contribution in [1.29, 1.82) is 0 Å². The standard InChI is InChI=1S/C16H21N3O.Y/c1-4-8-18-9-10-19(12-18)11-15(20)17-16-13(2)6-5-7-14(16)3;/h5-7,9-10,12H,4,8,11H2,1-3H3;/p+1. The third kappa shape index (κ3) is 5.04. The van der Waals surface area contributed by atoms with Crippen LogP contribution in [-0.4, -0.2) is 10.5 Å². The Kier molecular flexibility index (Phi) is 7.26. The molecule has 1 heterocycles. The van der Waals surface area contributed by atoms with E-state index >= 15 is 0 Å². The fourth-order valence-electron chi connectivity index (χ4n) is 2.28. The summed E-state index contributed by atoms with van der Waals surface area (Å²) in [5.41, 5.74) is 3.10. The number of rotatable bonds is 5. The molecule has 4 nitrogen and oxygen atoms in total. The summed E-state index contributed by atoms with van der Waals surface area (Å²) < 4.78 is 3.99. The van der Waals surface area contributed by atoms with Gasteiger partial charge in [-0.3, -0.25) is 4.79 Å². The molecule has 0 fully saturated rings. The Labute approximate surface area is 151 Å². The number of hydrogen-bond donors (Lipinski definition) is 1. The summed E-state index contributed by atoms with van der Waals surface area (Å²) in [5.74, 6) is 0.00153. The van der Waals surface area contributed by atoms with Crippen LogP contribution in [0.5, 0.6) is 0 Å². The average Bonchev–Trinajstić information content (AvgIpc) is 2.82. The van der Waals surface area contributed by atoms with Crippen LogP contribution in [-0.2, 0) is 50.6 Å². The zero-order valence-corrected chi connectivity index (χ0v) is 15.8. The van der Waals surface area contributed by atoms with E-state index in [9.17, 15) is 4.79 Å². The first-order valence-electron chi connectivity index (χ1n) is 7.01. The van der Waals surface area contributed by atoms with Gasteiger partial charge in [0.2, 0.25) is 6.33 Å². The maximum Gasteiger partial charge on any atom is 0.266 e. The van der Waals surface area contributed by atoms with Crippen LogP contribution in [0.3, 0.4) is 0 Å². The van der Waals surface area contributed by atoms with Gasteiger partial charge in [0.05, 0.1) is 6.54 Å². The van der Waals surface area contributed by atoms with Crippen LogP contribution in [0.25, 0.3) is 0 Å². The van der Waals surface area contributed by atoms with Crippen molar-refractivity contribution in [2.45, 2.75) is 40.3 Å². The Morgan fingerprint density at radius 2 is 1.95 bits per heavy atom. The minimum Gasteiger partial charge on any atom is -0.322 e. The quantitative estimate of drug-likeness (QED) is 0.817. The number of hydrogen-bond acceptors (Lipinski definition) is 1. The van der Waals surface area contributed by atoms with Crippen molar-refractivity contribution in [1.82, 2.24) is 4.57 Å². The molecule has 0 aliphatic rings. The second kappa shape index (κ2) is 8.45. The van der Waals surface area contributed by atoms with Gasteiger partial charge in [-0.05, 0) is 31.4 Å². The van der Waals surface area contributed by atoms with Gasteiger partial charge < -0.3 is 5.32 Å². The summed E-state index contributed by atoms with van der Waals surface area (Å²) >= 11 is 0. The summed E-state index contributed by atoms with van der Waals surface area (Å²) in [6.45, 7) is 7.47. The van der Waals surface area contributed by atoms with Crippen LogP contribution >= 0.6 is 0 Å². The first-order chi connectivity index (χ1) is 9.60. The number of amides is 1. The fourth-order valence-corrected chi connectivity index (χ4v) is 2.28. The van der Waals surface area contributed by atoms with Crippen LogP contribution in [0.15, 0.2) is 36.9 Å². The number of benzene rings is 1. The molecular weight excluding hydrogens is 339 g/mol. The van der Waals surface area contributed by atoms with Crippen LogP contribution in [0.2, 0.25) is 0 Å². The molecule has 1 aromatic carbocycles. The number of para-hydroxylation sites is 1. The first kappa shape index (κ1) is 18.1. The second-order valence-electron chi connectivity index (χ2n) is 5.14. The van der Waals surface area contributed by atoms with Gasteiger partial charge in [-0.25, -0.2) is 9.13 Å². The molecule has 0 bridgehead atoms. The van der Waals surface area contributed by atoms with E-state index in [-0.39, 0.29) is 38.6 Å². The smallest absolute Gasteiger partial charge is 0.266 e. The maximum atomic E-state index is 12.1. The van der Waals surface area contributed by atoms with Gasteiger partial charge in [0.1, 0.15) is 12.4 Å². The van der Waals surface area contributed by atoms with Crippen molar-refractivity contribution in [3.63, 3.8) is 0 Å². The summed E-state index contributed by atoms with van der Waals surface area (Å²) in [6.07, 6.45) is 6.98. The number of nitrogens with one attached hydrogen (secondary N) is 1. The van der Waals surface area contributed by atoms with Gasteiger partial charge in [-0.1, -0.05) is 25.1 Å².